The van der Waals surface area contributed by atoms with Crippen LogP contribution in [0.1, 0.15) is 29.5 Å². The van der Waals surface area contributed by atoms with Gasteiger partial charge in [0.25, 0.3) is 5.60 Å². The minimum atomic E-state index is -5.92. The van der Waals surface area contributed by atoms with Gasteiger partial charge in [-0.15, -0.1) is 0 Å². The molecule has 1 aromatic heterocycles. The molecular weight excluding hydrogens is 486 g/mol. The van der Waals surface area contributed by atoms with E-state index in [0.29, 0.717) is 42.3 Å². The predicted octanol–water partition coefficient (Wildman–Crippen LogP) is 5.59. The highest BCUT2D eigenvalue weighted by Crippen LogP contribution is 2.50. The van der Waals surface area contributed by atoms with Gasteiger partial charge >= 0.3 is 12.4 Å². The first-order valence-corrected chi connectivity index (χ1v) is 10.8. The lowest BCUT2D eigenvalue weighted by atomic mass is 9.86. The molecule has 1 saturated heterocycles. The van der Waals surface area contributed by atoms with Crippen LogP contribution in [0.2, 0.25) is 0 Å². The Morgan fingerprint density at radius 2 is 1.33 bits per heavy atom. The molecule has 1 unspecified atom stereocenters. The molecule has 5 nitrogen and oxygen atoms in total. The Morgan fingerprint density at radius 1 is 0.861 bits per heavy atom. The van der Waals surface area contributed by atoms with E-state index in [0.717, 1.165) is 0 Å². The summed E-state index contributed by atoms with van der Waals surface area (Å²) in [7, 11) is 0. The second-order valence-electron chi connectivity index (χ2n) is 8.35. The fraction of sp³-hybridized carbons (Fsp3) is 0.320. The van der Waals surface area contributed by atoms with Crippen molar-refractivity contribution in [2.24, 2.45) is 5.92 Å². The number of halogens is 6. The van der Waals surface area contributed by atoms with Crippen molar-refractivity contribution >= 4 is 5.95 Å². The summed E-state index contributed by atoms with van der Waals surface area (Å²) in [4.78, 5) is 10.0. The molecule has 2 heterocycles. The molecule has 0 aliphatic carbocycles. The maximum absolute atomic E-state index is 13.0. The van der Waals surface area contributed by atoms with Crippen LogP contribution < -0.4 is 4.90 Å². The molecule has 0 saturated carbocycles. The van der Waals surface area contributed by atoms with Gasteiger partial charge in [-0.1, -0.05) is 67.6 Å². The lowest BCUT2D eigenvalue weighted by Crippen LogP contribution is -2.53. The number of hydrogen-bond donors (Lipinski definition) is 1. The van der Waals surface area contributed by atoms with Crippen LogP contribution in [-0.4, -0.2) is 40.5 Å². The minimum Gasteiger partial charge on any atom is -0.369 e. The van der Waals surface area contributed by atoms with Crippen molar-refractivity contribution < 1.29 is 31.4 Å². The summed E-state index contributed by atoms with van der Waals surface area (Å²) in [6.07, 6.45) is -9.11. The molecule has 0 spiro atoms. The SMILES string of the molecule is CC1CN(c2ncc(C#N)cn2)C[C@@H]1c1ccc(C(O)(C(F)(F)F)C(F)(F)F)cc1.c1ccccc1. The highest BCUT2D eigenvalue weighted by Gasteiger charge is 2.71. The molecule has 1 N–H and O–H groups in total. The maximum Gasteiger partial charge on any atom is 0.430 e. The number of benzene rings is 2. The van der Waals surface area contributed by atoms with E-state index >= 15 is 0 Å². The smallest absolute Gasteiger partial charge is 0.369 e. The van der Waals surface area contributed by atoms with Gasteiger partial charge in [-0.2, -0.15) is 31.6 Å². The van der Waals surface area contributed by atoms with E-state index in [1.54, 1.807) is 0 Å². The summed E-state index contributed by atoms with van der Waals surface area (Å²) in [5.41, 5.74) is -5.40. The molecule has 2 aromatic carbocycles. The lowest BCUT2D eigenvalue weighted by molar-refractivity contribution is -0.376. The van der Waals surface area contributed by atoms with E-state index in [-0.39, 0.29) is 11.8 Å². The highest BCUT2D eigenvalue weighted by atomic mass is 19.4. The molecule has 3 aromatic rings. The molecule has 1 aliphatic rings. The number of alkyl halides is 6. The number of rotatable bonds is 3. The zero-order chi connectivity index (χ0) is 26.6. The van der Waals surface area contributed by atoms with Crippen LogP contribution in [0.25, 0.3) is 0 Å². The summed E-state index contributed by atoms with van der Waals surface area (Å²) < 4.78 is 78.2. The summed E-state index contributed by atoms with van der Waals surface area (Å²) in [6, 6.07) is 17.6. The molecular formula is C25H22F6N4O. The van der Waals surface area contributed by atoms with E-state index in [2.05, 4.69) is 9.97 Å². The van der Waals surface area contributed by atoms with E-state index in [1.165, 1.54) is 24.5 Å². The largest absolute Gasteiger partial charge is 0.430 e. The Kier molecular flexibility index (Phi) is 7.89. The van der Waals surface area contributed by atoms with Gasteiger partial charge in [0.05, 0.1) is 18.0 Å². The molecule has 0 amide bonds. The number of nitriles is 1. The standard InChI is InChI=1S/C19H16F6N4O.C6H6/c1-11-9-29(16-27-7-12(6-26)8-28-16)10-15(11)13-2-4-14(5-3-13)17(30,18(20,21)22)19(23,24)25;1-2-4-6-5-3-1/h2-5,7-8,11,15,30H,9-10H2,1H3;1-6H/t11?,15-;/m0./s1. The lowest BCUT2D eigenvalue weighted by Gasteiger charge is -2.32. The van der Waals surface area contributed by atoms with Crippen LogP contribution in [0.3, 0.4) is 0 Å². The van der Waals surface area contributed by atoms with Crippen LogP contribution in [-0.2, 0) is 5.60 Å². The maximum atomic E-state index is 13.0. The first-order chi connectivity index (χ1) is 16.9. The zero-order valence-corrected chi connectivity index (χ0v) is 19.0. The molecule has 4 rings (SSSR count). The van der Waals surface area contributed by atoms with Gasteiger partial charge in [0.1, 0.15) is 6.07 Å². The number of aromatic nitrogens is 2. The van der Waals surface area contributed by atoms with Gasteiger partial charge in [0.2, 0.25) is 5.95 Å². The summed E-state index contributed by atoms with van der Waals surface area (Å²) in [6.45, 7) is 2.81. The van der Waals surface area contributed by atoms with Crippen molar-refractivity contribution in [2.75, 3.05) is 18.0 Å². The first kappa shape index (κ1) is 26.9. The quantitative estimate of drug-likeness (QED) is 0.467. The fourth-order valence-electron chi connectivity index (χ4n) is 3.95. The summed E-state index contributed by atoms with van der Waals surface area (Å²) in [5, 5.41) is 18.3. The van der Waals surface area contributed by atoms with Gasteiger partial charge < -0.3 is 10.0 Å². The Balaban J connectivity index is 0.000000526. The fourth-order valence-corrected chi connectivity index (χ4v) is 3.95. The molecule has 36 heavy (non-hydrogen) atoms. The van der Waals surface area contributed by atoms with E-state index in [4.69, 9.17) is 5.26 Å². The first-order valence-electron chi connectivity index (χ1n) is 10.8. The van der Waals surface area contributed by atoms with Crippen LogP contribution in [0.5, 0.6) is 0 Å². The average Bonchev–Trinajstić information content (AvgIpc) is 3.25. The van der Waals surface area contributed by atoms with E-state index in [9.17, 15) is 31.4 Å². The van der Waals surface area contributed by atoms with Crippen molar-refractivity contribution in [3.63, 3.8) is 0 Å². The van der Waals surface area contributed by atoms with E-state index in [1.807, 2.05) is 54.3 Å². The van der Waals surface area contributed by atoms with Gasteiger partial charge in [0, 0.05) is 24.6 Å². The molecule has 0 bridgehead atoms. The number of aliphatic hydroxyl groups is 1. The predicted molar refractivity (Wildman–Crippen MR) is 120 cm³/mol. The third kappa shape index (κ3) is 5.60. The molecule has 0 radical (unpaired) electrons. The molecule has 1 aliphatic heterocycles. The van der Waals surface area contributed by atoms with Crippen molar-refractivity contribution in [1.82, 2.24) is 9.97 Å². The Morgan fingerprint density at radius 3 is 1.75 bits per heavy atom. The van der Waals surface area contributed by atoms with Crippen molar-refractivity contribution in [3.8, 4) is 6.07 Å². The Bertz CT molecular complexity index is 1120. The molecule has 190 valence electrons. The van der Waals surface area contributed by atoms with Crippen LogP contribution in [0.4, 0.5) is 32.3 Å². The number of nitrogens with zero attached hydrogens (tertiary/aromatic N) is 4. The normalized spacial score (nSPS) is 18.2. The van der Waals surface area contributed by atoms with Gasteiger partial charge in [-0.25, -0.2) is 9.97 Å². The van der Waals surface area contributed by atoms with Crippen LogP contribution in [0.15, 0.2) is 73.1 Å². The summed E-state index contributed by atoms with van der Waals surface area (Å²) >= 11 is 0. The van der Waals surface area contributed by atoms with Crippen LogP contribution in [0, 0.1) is 17.2 Å². The topological polar surface area (TPSA) is 73.0 Å². The zero-order valence-electron chi connectivity index (χ0n) is 19.0. The van der Waals surface area contributed by atoms with Crippen molar-refractivity contribution in [1.29, 1.82) is 5.26 Å². The third-order valence-electron chi connectivity index (χ3n) is 5.91. The van der Waals surface area contributed by atoms with Crippen molar-refractivity contribution in [2.45, 2.75) is 30.8 Å². The second kappa shape index (κ2) is 10.5. The van der Waals surface area contributed by atoms with E-state index < -0.39 is 23.5 Å². The van der Waals surface area contributed by atoms with Gasteiger partial charge in [-0.3, -0.25) is 0 Å². The average molecular weight is 508 g/mol. The Hall–Kier alpha value is -3.65. The highest BCUT2D eigenvalue weighted by molar-refractivity contribution is 5.39. The van der Waals surface area contributed by atoms with Gasteiger partial charge in [-0.05, 0) is 11.5 Å². The van der Waals surface area contributed by atoms with Crippen LogP contribution >= 0.6 is 0 Å². The minimum absolute atomic E-state index is 0.0132. The van der Waals surface area contributed by atoms with Gasteiger partial charge in [0.15, 0.2) is 0 Å². The Labute approximate surface area is 203 Å². The summed E-state index contributed by atoms with van der Waals surface area (Å²) in [5.74, 6) is 0.200. The molecule has 11 heteroatoms. The molecule has 1 fully saturated rings. The van der Waals surface area contributed by atoms with Crippen molar-refractivity contribution in [3.05, 3.63) is 89.7 Å². The third-order valence-corrected chi connectivity index (χ3v) is 5.91. The second-order valence-corrected chi connectivity index (χ2v) is 8.35. The number of anilines is 1. The molecule has 2 atom stereocenters. The number of hydrogen-bond acceptors (Lipinski definition) is 5. The monoisotopic (exact) mass is 508 g/mol.